The highest BCUT2D eigenvalue weighted by Crippen LogP contribution is 2.43. The summed E-state index contributed by atoms with van der Waals surface area (Å²) >= 11 is 0. The van der Waals surface area contributed by atoms with E-state index in [0.717, 1.165) is 38.1 Å². The van der Waals surface area contributed by atoms with Gasteiger partial charge in [0.1, 0.15) is 11.4 Å². The first-order valence-corrected chi connectivity index (χ1v) is 6.68. The Balaban J connectivity index is 2.32. The number of rotatable bonds is 2. The van der Waals surface area contributed by atoms with Crippen LogP contribution in [0.1, 0.15) is 46.5 Å². The summed E-state index contributed by atoms with van der Waals surface area (Å²) in [5.41, 5.74) is 5.80. The van der Waals surface area contributed by atoms with Gasteiger partial charge in [0, 0.05) is 6.54 Å². The number of aliphatic imine (C=N–C) groups is 1. The largest absolute Gasteiger partial charge is 0.385 e. The molecular weight excluding hydrogens is 214 g/mol. The first-order chi connectivity index (χ1) is 8.02. The van der Waals surface area contributed by atoms with Gasteiger partial charge >= 0.3 is 6.03 Å². The third-order valence-corrected chi connectivity index (χ3v) is 4.41. The van der Waals surface area contributed by atoms with Gasteiger partial charge in [-0.05, 0) is 37.5 Å². The predicted octanol–water partition coefficient (Wildman–Crippen LogP) is 2.38. The van der Waals surface area contributed by atoms with Crippen LogP contribution in [0.2, 0.25) is 0 Å². The molecule has 1 heterocycles. The lowest BCUT2D eigenvalue weighted by molar-refractivity contribution is 0.0842. The monoisotopic (exact) mass is 237 g/mol. The van der Waals surface area contributed by atoms with Crippen molar-refractivity contribution in [1.29, 1.82) is 0 Å². The Morgan fingerprint density at radius 1 is 1.53 bits per heavy atom. The van der Waals surface area contributed by atoms with Crippen molar-refractivity contribution in [2.45, 2.75) is 52.0 Å². The Bertz CT molecular complexity index is 353. The van der Waals surface area contributed by atoms with Gasteiger partial charge in [-0.2, -0.15) is 4.99 Å². The topological polar surface area (TPSA) is 58.7 Å². The van der Waals surface area contributed by atoms with E-state index in [0.29, 0.717) is 11.8 Å². The van der Waals surface area contributed by atoms with Crippen molar-refractivity contribution in [3.05, 3.63) is 0 Å². The van der Waals surface area contributed by atoms with Crippen molar-refractivity contribution in [3.63, 3.8) is 0 Å². The second kappa shape index (κ2) is 4.31. The Kier molecular flexibility index (Phi) is 3.15. The van der Waals surface area contributed by atoms with Crippen molar-refractivity contribution in [3.8, 4) is 0 Å². The van der Waals surface area contributed by atoms with E-state index in [1.807, 2.05) is 4.90 Å². The zero-order valence-corrected chi connectivity index (χ0v) is 11.1. The Morgan fingerprint density at radius 3 is 2.82 bits per heavy atom. The average molecular weight is 237 g/mol. The molecule has 0 aromatic carbocycles. The number of nitrogens with two attached hydrogens (primary N) is 1. The smallest absolute Gasteiger partial charge is 0.346 e. The van der Waals surface area contributed by atoms with Gasteiger partial charge in [-0.25, -0.2) is 4.79 Å². The molecule has 0 aromatic rings. The first-order valence-electron chi connectivity index (χ1n) is 6.68. The highest BCUT2D eigenvalue weighted by molar-refractivity contribution is 6.06. The highest BCUT2D eigenvalue weighted by Gasteiger charge is 2.53. The molecule has 0 radical (unpaired) electrons. The molecule has 3 unspecified atom stereocenters. The van der Waals surface area contributed by atoms with E-state index in [-0.39, 0.29) is 11.6 Å². The van der Waals surface area contributed by atoms with E-state index in [4.69, 9.17) is 5.73 Å². The molecule has 1 aliphatic carbocycles. The minimum absolute atomic E-state index is 0.134. The average Bonchev–Trinajstić information content (AvgIpc) is 2.49. The second-order valence-electron chi connectivity index (χ2n) is 5.64. The molecule has 0 saturated heterocycles. The second-order valence-corrected chi connectivity index (χ2v) is 5.64. The van der Waals surface area contributed by atoms with Crippen LogP contribution in [0.25, 0.3) is 0 Å². The summed E-state index contributed by atoms with van der Waals surface area (Å²) in [7, 11) is 0. The normalized spacial score (nSPS) is 37.7. The van der Waals surface area contributed by atoms with Gasteiger partial charge in [-0.3, -0.25) is 0 Å². The molecule has 3 atom stereocenters. The lowest BCUT2D eigenvalue weighted by atomic mass is 9.68. The Labute approximate surface area is 103 Å². The summed E-state index contributed by atoms with van der Waals surface area (Å²) in [6.07, 6.45) is 4.19. The van der Waals surface area contributed by atoms with Crippen LogP contribution < -0.4 is 5.73 Å². The van der Waals surface area contributed by atoms with E-state index >= 15 is 0 Å². The third kappa shape index (κ3) is 1.74. The van der Waals surface area contributed by atoms with Crippen LogP contribution in [0.4, 0.5) is 4.79 Å². The van der Waals surface area contributed by atoms with E-state index in [1.54, 1.807) is 0 Å². The molecule has 2 N–H and O–H groups in total. The van der Waals surface area contributed by atoms with Gasteiger partial charge in [0.05, 0.1) is 0 Å². The molecule has 1 aliphatic heterocycles. The number of urea groups is 1. The molecule has 96 valence electrons. The summed E-state index contributed by atoms with van der Waals surface area (Å²) in [4.78, 5) is 17.9. The molecule has 4 heteroatoms. The zero-order chi connectivity index (χ0) is 12.6. The van der Waals surface area contributed by atoms with E-state index in [1.165, 1.54) is 0 Å². The summed E-state index contributed by atoms with van der Waals surface area (Å²) in [6, 6.07) is -0.134. The Hall–Kier alpha value is -1.06. The molecule has 1 fully saturated rings. The predicted molar refractivity (Wildman–Crippen MR) is 68.9 cm³/mol. The lowest BCUT2D eigenvalue weighted by Crippen LogP contribution is -2.60. The van der Waals surface area contributed by atoms with E-state index in [2.05, 4.69) is 25.8 Å². The van der Waals surface area contributed by atoms with Gasteiger partial charge in [0.25, 0.3) is 0 Å². The SMILES string of the molecule is CCCN1C(=O)N=C(N)C12CCC(C)CC2C. The fraction of sp³-hybridized carbons (Fsp3) is 0.846. The number of hydrogen-bond donors (Lipinski definition) is 1. The Morgan fingerprint density at radius 2 is 2.24 bits per heavy atom. The summed E-state index contributed by atoms with van der Waals surface area (Å²) < 4.78 is 0. The van der Waals surface area contributed by atoms with Crippen LogP contribution in [-0.2, 0) is 0 Å². The molecule has 4 nitrogen and oxygen atoms in total. The maximum atomic E-state index is 11.9. The molecule has 2 rings (SSSR count). The van der Waals surface area contributed by atoms with Crippen LogP contribution in [-0.4, -0.2) is 28.9 Å². The minimum atomic E-state index is -0.278. The summed E-state index contributed by atoms with van der Waals surface area (Å²) in [6.45, 7) is 7.34. The van der Waals surface area contributed by atoms with Crippen molar-refractivity contribution in [2.24, 2.45) is 22.6 Å². The summed E-state index contributed by atoms with van der Waals surface area (Å²) in [5.74, 6) is 1.69. The maximum Gasteiger partial charge on any atom is 0.346 e. The van der Waals surface area contributed by atoms with Gasteiger partial charge in [0.15, 0.2) is 0 Å². The van der Waals surface area contributed by atoms with Gasteiger partial charge in [-0.1, -0.05) is 20.8 Å². The number of carbonyl (C=O) groups excluding carboxylic acids is 1. The van der Waals surface area contributed by atoms with Gasteiger partial charge in [-0.15, -0.1) is 0 Å². The van der Waals surface area contributed by atoms with Gasteiger partial charge < -0.3 is 10.6 Å². The van der Waals surface area contributed by atoms with E-state index < -0.39 is 0 Å². The number of carbonyl (C=O) groups is 1. The number of amidine groups is 1. The van der Waals surface area contributed by atoms with Crippen molar-refractivity contribution < 1.29 is 4.79 Å². The maximum absolute atomic E-state index is 11.9. The van der Waals surface area contributed by atoms with Crippen molar-refractivity contribution in [2.75, 3.05) is 6.54 Å². The first kappa shape index (κ1) is 12.4. The molecule has 2 amide bonds. The van der Waals surface area contributed by atoms with Gasteiger partial charge in [0.2, 0.25) is 0 Å². The van der Waals surface area contributed by atoms with Crippen molar-refractivity contribution >= 4 is 11.9 Å². The molecule has 0 bridgehead atoms. The van der Waals surface area contributed by atoms with Crippen LogP contribution >= 0.6 is 0 Å². The van der Waals surface area contributed by atoms with Crippen LogP contribution in [0.3, 0.4) is 0 Å². The van der Waals surface area contributed by atoms with Crippen molar-refractivity contribution in [1.82, 2.24) is 4.90 Å². The standard InChI is InChI=1S/C13H23N3O/c1-4-7-16-12(17)15-11(14)13(16)6-5-9(2)8-10(13)3/h9-10H,4-8H2,1-3H3,(H2,14,15,17). The van der Waals surface area contributed by atoms with Crippen LogP contribution in [0.15, 0.2) is 4.99 Å². The zero-order valence-electron chi connectivity index (χ0n) is 11.1. The molecule has 17 heavy (non-hydrogen) atoms. The molecular formula is C13H23N3O. The summed E-state index contributed by atoms with van der Waals surface area (Å²) in [5, 5.41) is 0. The number of hydrogen-bond acceptors (Lipinski definition) is 2. The molecule has 2 aliphatic rings. The molecule has 0 aromatic heterocycles. The van der Waals surface area contributed by atoms with E-state index in [9.17, 15) is 4.79 Å². The van der Waals surface area contributed by atoms with Crippen LogP contribution in [0.5, 0.6) is 0 Å². The minimum Gasteiger partial charge on any atom is -0.385 e. The molecule has 1 saturated carbocycles. The highest BCUT2D eigenvalue weighted by atomic mass is 16.2. The fourth-order valence-electron chi connectivity index (χ4n) is 3.50. The number of nitrogens with zero attached hydrogens (tertiary/aromatic N) is 2. The number of amides is 2. The third-order valence-electron chi connectivity index (χ3n) is 4.41. The molecule has 1 spiro atoms. The lowest BCUT2D eigenvalue weighted by Gasteiger charge is -2.47. The quantitative estimate of drug-likeness (QED) is 0.801. The van der Waals surface area contributed by atoms with Crippen LogP contribution in [0, 0.1) is 11.8 Å². The fourth-order valence-corrected chi connectivity index (χ4v) is 3.50.